The fourth-order valence-electron chi connectivity index (χ4n) is 3.40. The number of hydrogen-bond donors (Lipinski definition) is 1. The van der Waals surface area contributed by atoms with Crippen LogP contribution in [0.3, 0.4) is 0 Å². The van der Waals surface area contributed by atoms with Crippen LogP contribution in [0.5, 0.6) is 5.75 Å². The highest BCUT2D eigenvalue weighted by molar-refractivity contribution is 6.00. The number of amides is 1. The summed E-state index contributed by atoms with van der Waals surface area (Å²) in [5.74, 6) is 1.20. The van der Waals surface area contributed by atoms with Crippen molar-refractivity contribution in [2.24, 2.45) is 5.92 Å². The lowest BCUT2D eigenvalue weighted by molar-refractivity contribution is -0.116. The number of ether oxygens (including phenoxy) is 1. The van der Waals surface area contributed by atoms with E-state index in [2.05, 4.69) is 56.4 Å². The monoisotopic (exact) mass is 405 g/mol. The lowest BCUT2D eigenvalue weighted by atomic mass is 9.98. The van der Waals surface area contributed by atoms with E-state index in [-0.39, 0.29) is 5.91 Å². The van der Waals surface area contributed by atoms with Crippen LogP contribution >= 0.6 is 0 Å². The van der Waals surface area contributed by atoms with Gasteiger partial charge in [0.25, 0.3) is 0 Å². The van der Waals surface area contributed by atoms with E-state index < -0.39 is 0 Å². The number of hydrogen-bond acceptors (Lipinski definition) is 3. The van der Waals surface area contributed by atoms with Gasteiger partial charge >= 0.3 is 0 Å². The summed E-state index contributed by atoms with van der Waals surface area (Å²) in [6.07, 6.45) is 4.39. The predicted molar refractivity (Wildman–Crippen MR) is 124 cm³/mol. The van der Waals surface area contributed by atoms with Crippen LogP contribution in [0.2, 0.25) is 0 Å². The second-order valence-corrected chi connectivity index (χ2v) is 8.09. The molecule has 0 bridgehead atoms. The summed E-state index contributed by atoms with van der Waals surface area (Å²) < 4.78 is 11.7. The molecule has 4 heteroatoms. The van der Waals surface area contributed by atoms with Crippen LogP contribution in [0.15, 0.2) is 53.2 Å². The molecule has 1 amide bonds. The molecule has 0 radical (unpaired) electrons. The second-order valence-electron chi connectivity index (χ2n) is 8.09. The third-order valence-corrected chi connectivity index (χ3v) is 5.13. The van der Waals surface area contributed by atoms with E-state index in [1.165, 1.54) is 5.56 Å². The zero-order valence-corrected chi connectivity index (χ0v) is 18.5. The molecular weight excluding hydrogens is 374 g/mol. The molecule has 0 spiro atoms. The van der Waals surface area contributed by atoms with Crippen molar-refractivity contribution in [3.05, 3.63) is 59.9 Å². The Morgan fingerprint density at radius 1 is 1.20 bits per heavy atom. The first kappa shape index (κ1) is 21.7. The molecule has 0 saturated heterocycles. The fourth-order valence-corrected chi connectivity index (χ4v) is 3.40. The van der Waals surface area contributed by atoms with Gasteiger partial charge in [-0.2, -0.15) is 0 Å². The van der Waals surface area contributed by atoms with Gasteiger partial charge in [-0.05, 0) is 50.3 Å². The van der Waals surface area contributed by atoms with Gasteiger partial charge in [0.2, 0.25) is 5.91 Å². The van der Waals surface area contributed by atoms with Gasteiger partial charge in [0.15, 0.2) is 0 Å². The molecule has 1 aromatic heterocycles. The zero-order valence-electron chi connectivity index (χ0n) is 18.5. The van der Waals surface area contributed by atoms with E-state index in [9.17, 15) is 4.79 Å². The molecule has 1 N–H and O–H groups in total. The van der Waals surface area contributed by atoms with E-state index in [0.29, 0.717) is 19.1 Å². The molecule has 0 fully saturated rings. The Bertz CT molecular complexity index is 1040. The highest BCUT2D eigenvalue weighted by Crippen LogP contribution is 2.37. The number of rotatable bonds is 8. The number of nitrogens with one attached hydrogen (secondary N) is 1. The molecule has 4 nitrogen and oxygen atoms in total. The molecule has 30 heavy (non-hydrogen) atoms. The summed E-state index contributed by atoms with van der Waals surface area (Å²) in [6.45, 7) is 11.5. The van der Waals surface area contributed by atoms with E-state index in [0.717, 1.165) is 45.4 Å². The summed E-state index contributed by atoms with van der Waals surface area (Å²) in [4.78, 5) is 12.4. The SMILES string of the molecule is CCOc1cc2occ(-c3ccc(C)cc3)c2cc1/C(C)=C/C(=O)NCCC(C)C. The number of carbonyl (C=O) groups excluding carboxylic acids is 1. The highest BCUT2D eigenvalue weighted by atomic mass is 16.5. The summed E-state index contributed by atoms with van der Waals surface area (Å²) in [7, 11) is 0. The average molecular weight is 406 g/mol. The lowest BCUT2D eigenvalue weighted by Crippen LogP contribution is -2.23. The first-order valence-electron chi connectivity index (χ1n) is 10.6. The number of fused-ring (bicyclic) bond motifs is 1. The van der Waals surface area contributed by atoms with Crippen LogP contribution in [-0.2, 0) is 4.79 Å². The van der Waals surface area contributed by atoms with Crippen LogP contribution in [0.25, 0.3) is 27.7 Å². The number of carbonyl (C=O) groups is 1. The molecule has 1 heterocycles. The van der Waals surface area contributed by atoms with Gasteiger partial charge in [-0.3, -0.25) is 4.79 Å². The maximum atomic E-state index is 12.4. The van der Waals surface area contributed by atoms with Crippen molar-refractivity contribution in [1.82, 2.24) is 5.32 Å². The Morgan fingerprint density at radius 2 is 1.93 bits per heavy atom. The number of allylic oxidation sites excluding steroid dienone is 1. The summed E-state index contributed by atoms with van der Waals surface area (Å²) in [5.41, 5.74) is 5.88. The number of benzene rings is 2. The third-order valence-electron chi connectivity index (χ3n) is 5.13. The molecule has 3 aromatic rings. The van der Waals surface area contributed by atoms with Crippen molar-refractivity contribution in [1.29, 1.82) is 0 Å². The van der Waals surface area contributed by atoms with Crippen molar-refractivity contribution < 1.29 is 13.9 Å². The normalized spacial score (nSPS) is 11.9. The summed E-state index contributed by atoms with van der Waals surface area (Å²) in [6, 6.07) is 12.4. The lowest BCUT2D eigenvalue weighted by Gasteiger charge is -2.12. The smallest absolute Gasteiger partial charge is 0.244 e. The minimum Gasteiger partial charge on any atom is -0.493 e. The Balaban J connectivity index is 1.98. The van der Waals surface area contributed by atoms with Crippen LogP contribution in [-0.4, -0.2) is 19.1 Å². The molecule has 0 aliphatic carbocycles. The van der Waals surface area contributed by atoms with Gasteiger partial charge in [-0.25, -0.2) is 0 Å². The van der Waals surface area contributed by atoms with Crippen LogP contribution < -0.4 is 10.1 Å². The van der Waals surface area contributed by atoms with E-state index in [1.807, 2.05) is 19.9 Å². The molecule has 3 rings (SSSR count). The van der Waals surface area contributed by atoms with Gasteiger partial charge in [0.05, 0.1) is 12.9 Å². The molecule has 0 aliphatic heterocycles. The number of aryl methyl sites for hydroxylation is 1. The van der Waals surface area contributed by atoms with Crippen LogP contribution in [0.4, 0.5) is 0 Å². The van der Waals surface area contributed by atoms with Crippen molar-refractivity contribution in [3.63, 3.8) is 0 Å². The topological polar surface area (TPSA) is 51.5 Å². The van der Waals surface area contributed by atoms with Crippen molar-refractivity contribution in [2.45, 2.75) is 41.0 Å². The van der Waals surface area contributed by atoms with Crippen LogP contribution in [0, 0.1) is 12.8 Å². The maximum Gasteiger partial charge on any atom is 0.244 e. The molecule has 0 atom stereocenters. The van der Waals surface area contributed by atoms with Crippen molar-refractivity contribution in [2.75, 3.05) is 13.2 Å². The minimum atomic E-state index is -0.0818. The predicted octanol–water partition coefficient (Wildman–Crippen LogP) is 6.37. The van der Waals surface area contributed by atoms with Gasteiger partial charge in [0.1, 0.15) is 11.3 Å². The molecule has 0 unspecified atom stereocenters. The molecular formula is C26H31NO3. The summed E-state index contributed by atoms with van der Waals surface area (Å²) in [5, 5.41) is 3.97. The minimum absolute atomic E-state index is 0.0818. The van der Waals surface area contributed by atoms with E-state index >= 15 is 0 Å². The quantitative estimate of drug-likeness (QED) is 0.443. The van der Waals surface area contributed by atoms with Gasteiger partial charge in [-0.15, -0.1) is 0 Å². The Kier molecular flexibility index (Phi) is 6.99. The Labute approximate surface area is 178 Å². The summed E-state index contributed by atoms with van der Waals surface area (Å²) >= 11 is 0. The van der Waals surface area contributed by atoms with Crippen molar-refractivity contribution in [3.8, 4) is 16.9 Å². The fraction of sp³-hybridized carbons (Fsp3) is 0.346. The number of furan rings is 1. The van der Waals surface area contributed by atoms with Gasteiger partial charge in [-0.1, -0.05) is 43.7 Å². The van der Waals surface area contributed by atoms with E-state index in [4.69, 9.17) is 9.15 Å². The Morgan fingerprint density at radius 3 is 2.60 bits per heavy atom. The second kappa shape index (κ2) is 9.66. The van der Waals surface area contributed by atoms with Gasteiger partial charge < -0.3 is 14.5 Å². The van der Waals surface area contributed by atoms with E-state index in [1.54, 1.807) is 12.3 Å². The standard InChI is InChI=1S/C26H31NO3/c1-6-29-24-15-25-22(23(16-30-25)20-9-7-18(4)8-10-20)14-21(24)19(5)13-26(28)27-12-11-17(2)3/h7-10,13-17H,6,11-12H2,1-5H3,(H,27,28)/b19-13+. The first-order chi connectivity index (χ1) is 14.4. The van der Waals surface area contributed by atoms with Crippen LogP contribution in [0.1, 0.15) is 45.2 Å². The maximum absolute atomic E-state index is 12.4. The average Bonchev–Trinajstić information content (AvgIpc) is 3.10. The molecule has 0 aliphatic rings. The molecule has 0 saturated carbocycles. The first-order valence-corrected chi connectivity index (χ1v) is 10.6. The highest BCUT2D eigenvalue weighted by Gasteiger charge is 2.15. The zero-order chi connectivity index (χ0) is 21.7. The third kappa shape index (κ3) is 5.12. The molecule has 158 valence electrons. The largest absolute Gasteiger partial charge is 0.493 e. The van der Waals surface area contributed by atoms with Gasteiger partial charge in [0, 0.05) is 35.2 Å². The van der Waals surface area contributed by atoms with Crippen molar-refractivity contribution >= 4 is 22.4 Å². The Hall–Kier alpha value is -3.01. The molecule has 2 aromatic carbocycles.